The van der Waals surface area contributed by atoms with Crippen molar-refractivity contribution in [1.29, 1.82) is 5.26 Å². The van der Waals surface area contributed by atoms with E-state index in [4.69, 9.17) is 14.7 Å². The summed E-state index contributed by atoms with van der Waals surface area (Å²) in [6, 6.07) is 7.59. The maximum atomic E-state index is 11.8. The summed E-state index contributed by atoms with van der Waals surface area (Å²) in [5.41, 5.74) is 1.36. The first-order chi connectivity index (χ1) is 9.17. The number of rotatable bonds is 3. The molecule has 0 bridgehead atoms. The Morgan fingerprint density at radius 2 is 2.37 bits per heavy atom. The zero-order valence-electron chi connectivity index (χ0n) is 11.0. The lowest BCUT2D eigenvalue weighted by atomic mass is 10.1. The Morgan fingerprint density at radius 1 is 1.58 bits per heavy atom. The molecule has 1 saturated heterocycles. The molecule has 0 spiro atoms. The van der Waals surface area contributed by atoms with Crippen LogP contribution in [0.2, 0.25) is 0 Å². The zero-order valence-corrected chi connectivity index (χ0v) is 11.0. The minimum atomic E-state index is -0.459. The van der Waals surface area contributed by atoms with Crippen LogP contribution in [0.5, 0.6) is 5.75 Å². The van der Waals surface area contributed by atoms with Crippen molar-refractivity contribution < 1.29 is 14.3 Å². The molecule has 1 heterocycles. The number of carbonyl (C=O) groups excluding carboxylic acids is 1. The van der Waals surface area contributed by atoms with Crippen LogP contribution in [-0.4, -0.2) is 38.7 Å². The number of nitrogens with zero attached hydrogens (tertiary/aromatic N) is 2. The summed E-state index contributed by atoms with van der Waals surface area (Å²) in [5, 5.41) is 8.94. The number of nitriles is 1. The van der Waals surface area contributed by atoms with Crippen molar-refractivity contribution in [3.63, 3.8) is 0 Å². The van der Waals surface area contributed by atoms with Gasteiger partial charge in [-0.15, -0.1) is 0 Å². The predicted molar refractivity (Wildman–Crippen MR) is 70.6 cm³/mol. The van der Waals surface area contributed by atoms with E-state index in [1.807, 2.05) is 17.0 Å². The lowest BCUT2D eigenvalue weighted by molar-refractivity contribution is 0.0762. The molecule has 0 aromatic heterocycles. The number of methoxy groups -OCH3 is 1. The fraction of sp³-hybridized carbons (Fsp3) is 0.429. The minimum Gasteiger partial charge on any atom is -0.496 e. The Hall–Kier alpha value is -2.06. The maximum Gasteiger partial charge on any atom is 0.165 e. The summed E-state index contributed by atoms with van der Waals surface area (Å²) in [6.07, 6.45) is -0.459. The highest BCUT2D eigenvalue weighted by molar-refractivity contribution is 6.02. The second-order valence-corrected chi connectivity index (χ2v) is 4.35. The molecule has 1 unspecified atom stereocenters. The van der Waals surface area contributed by atoms with Gasteiger partial charge in [0.25, 0.3) is 0 Å². The molecule has 1 fully saturated rings. The number of ether oxygens (including phenoxy) is 2. The first-order valence-electron chi connectivity index (χ1n) is 6.11. The molecule has 0 aliphatic carbocycles. The van der Waals surface area contributed by atoms with Gasteiger partial charge in [-0.25, -0.2) is 0 Å². The molecule has 0 radical (unpaired) electrons. The monoisotopic (exact) mass is 260 g/mol. The third kappa shape index (κ3) is 2.69. The molecule has 1 aromatic rings. The highest BCUT2D eigenvalue weighted by atomic mass is 16.5. The average molecular weight is 260 g/mol. The third-order valence-electron chi connectivity index (χ3n) is 3.13. The summed E-state index contributed by atoms with van der Waals surface area (Å²) in [6.45, 7) is 3.12. The Bertz CT molecular complexity index is 522. The van der Waals surface area contributed by atoms with Crippen LogP contribution in [0.1, 0.15) is 17.3 Å². The fourth-order valence-corrected chi connectivity index (χ4v) is 2.25. The topological polar surface area (TPSA) is 62.6 Å². The third-order valence-corrected chi connectivity index (χ3v) is 3.13. The van der Waals surface area contributed by atoms with E-state index in [2.05, 4.69) is 6.07 Å². The van der Waals surface area contributed by atoms with Gasteiger partial charge >= 0.3 is 0 Å². The molecule has 0 N–H and O–H groups in total. The minimum absolute atomic E-state index is 0.0487. The molecule has 5 nitrogen and oxygen atoms in total. The molecule has 19 heavy (non-hydrogen) atoms. The van der Waals surface area contributed by atoms with Crippen molar-refractivity contribution in [3.05, 3.63) is 23.8 Å². The molecule has 1 atom stereocenters. The standard InChI is InChI=1S/C14H16N2O3/c1-10(17)14-12(4-3-5-13(14)18-2)16-6-7-19-11(8-15)9-16/h3-5,11H,6-7,9H2,1-2H3. The lowest BCUT2D eigenvalue weighted by Gasteiger charge is -2.33. The van der Waals surface area contributed by atoms with Crippen LogP contribution in [0, 0.1) is 11.3 Å². The van der Waals surface area contributed by atoms with Crippen LogP contribution in [0.25, 0.3) is 0 Å². The first-order valence-corrected chi connectivity index (χ1v) is 6.11. The number of ketones is 1. The van der Waals surface area contributed by atoms with E-state index >= 15 is 0 Å². The number of Topliss-reactive ketones (excluding diaryl/α,β-unsaturated/α-hetero) is 1. The van der Waals surface area contributed by atoms with Crippen LogP contribution in [-0.2, 0) is 4.74 Å². The van der Waals surface area contributed by atoms with Gasteiger partial charge in [0.1, 0.15) is 5.75 Å². The molecule has 2 rings (SSSR count). The molecule has 0 saturated carbocycles. The smallest absolute Gasteiger partial charge is 0.165 e. The summed E-state index contributed by atoms with van der Waals surface area (Å²) in [4.78, 5) is 13.8. The van der Waals surface area contributed by atoms with Crippen molar-refractivity contribution in [2.45, 2.75) is 13.0 Å². The van der Waals surface area contributed by atoms with Crippen molar-refractivity contribution in [2.75, 3.05) is 31.7 Å². The van der Waals surface area contributed by atoms with Crippen LogP contribution >= 0.6 is 0 Å². The van der Waals surface area contributed by atoms with Crippen LogP contribution in [0.4, 0.5) is 5.69 Å². The van der Waals surface area contributed by atoms with Gasteiger partial charge in [0.15, 0.2) is 11.9 Å². The highest BCUT2D eigenvalue weighted by Crippen LogP contribution is 2.30. The quantitative estimate of drug-likeness (QED) is 0.773. The zero-order chi connectivity index (χ0) is 13.8. The van der Waals surface area contributed by atoms with Crippen molar-refractivity contribution >= 4 is 11.5 Å². The number of benzene rings is 1. The van der Waals surface area contributed by atoms with Crippen molar-refractivity contribution in [1.82, 2.24) is 0 Å². The second-order valence-electron chi connectivity index (χ2n) is 4.35. The number of anilines is 1. The van der Waals surface area contributed by atoms with Crippen molar-refractivity contribution in [2.24, 2.45) is 0 Å². The van der Waals surface area contributed by atoms with Gasteiger partial charge in [-0.2, -0.15) is 5.26 Å². The van der Waals surface area contributed by atoms with E-state index in [1.165, 1.54) is 6.92 Å². The van der Waals surface area contributed by atoms with Gasteiger partial charge in [0.05, 0.1) is 37.6 Å². The van der Waals surface area contributed by atoms with Crippen molar-refractivity contribution in [3.8, 4) is 11.8 Å². The molecule has 100 valence electrons. The predicted octanol–water partition coefficient (Wildman–Crippen LogP) is 1.63. The Labute approximate surface area is 112 Å². The summed E-state index contributed by atoms with van der Waals surface area (Å²) in [7, 11) is 1.54. The summed E-state index contributed by atoms with van der Waals surface area (Å²) in [5.74, 6) is 0.512. The molecule has 1 aliphatic heterocycles. The average Bonchev–Trinajstić information content (AvgIpc) is 2.46. The maximum absolute atomic E-state index is 11.8. The molecular weight excluding hydrogens is 244 g/mol. The van der Waals surface area contributed by atoms with Gasteiger partial charge < -0.3 is 14.4 Å². The van der Waals surface area contributed by atoms with Gasteiger partial charge in [-0.3, -0.25) is 4.79 Å². The highest BCUT2D eigenvalue weighted by Gasteiger charge is 2.24. The largest absolute Gasteiger partial charge is 0.496 e. The fourth-order valence-electron chi connectivity index (χ4n) is 2.25. The lowest BCUT2D eigenvalue weighted by Crippen LogP contribution is -2.42. The van der Waals surface area contributed by atoms with E-state index < -0.39 is 6.10 Å². The second kappa shape index (κ2) is 5.72. The number of hydrogen-bond acceptors (Lipinski definition) is 5. The van der Waals surface area contributed by atoms with E-state index in [9.17, 15) is 4.79 Å². The van der Waals surface area contributed by atoms with E-state index in [0.29, 0.717) is 31.0 Å². The Balaban J connectivity index is 2.39. The normalized spacial score (nSPS) is 18.8. The molecule has 0 amide bonds. The number of morpholine rings is 1. The first kappa shape index (κ1) is 13.4. The van der Waals surface area contributed by atoms with Crippen LogP contribution in [0.15, 0.2) is 18.2 Å². The molecular formula is C14H16N2O3. The Kier molecular flexibility index (Phi) is 4.03. The number of hydrogen-bond donors (Lipinski definition) is 0. The molecule has 5 heteroatoms. The van der Waals surface area contributed by atoms with E-state index in [0.717, 1.165) is 5.69 Å². The summed E-state index contributed by atoms with van der Waals surface area (Å²) >= 11 is 0. The van der Waals surface area contributed by atoms with E-state index in [-0.39, 0.29) is 5.78 Å². The van der Waals surface area contributed by atoms with Gasteiger partial charge in [0, 0.05) is 6.54 Å². The number of carbonyl (C=O) groups is 1. The van der Waals surface area contributed by atoms with Gasteiger partial charge in [-0.05, 0) is 19.1 Å². The van der Waals surface area contributed by atoms with Gasteiger partial charge in [0.2, 0.25) is 0 Å². The SMILES string of the molecule is COc1cccc(N2CCOC(C#N)C2)c1C(C)=O. The molecule has 1 aliphatic rings. The van der Waals surface area contributed by atoms with Gasteiger partial charge in [-0.1, -0.05) is 6.07 Å². The molecule has 1 aromatic carbocycles. The van der Waals surface area contributed by atoms with Crippen LogP contribution < -0.4 is 9.64 Å². The van der Waals surface area contributed by atoms with E-state index in [1.54, 1.807) is 13.2 Å². The Morgan fingerprint density at radius 3 is 3.00 bits per heavy atom. The summed E-state index contributed by atoms with van der Waals surface area (Å²) < 4.78 is 10.6. The van der Waals surface area contributed by atoms with Crippen LogP contribution in [0.3, 0.4) is 0 Å².